The average molecular weight is 176 g/mol. The molecule has 0 aromatic heterocycles. The van der Waals surface area contributed by atoms with Crippen LogP contribution >= 0.6 is 11.6 Å². The van der Waals surface area contributed by atoms with Crippen molar-refractivity contribution in [3.8, 4) is 5.75 Å². The zero-order valence-electron chi connectivity index (χ0n) is 5.90. The Hall–Kier alpha value is -0.960. The topological polar surface area (TPSA) is 35.2 Å². The number of nitrogens with two attached hydrogens (primary N) is 1. The molecule has 0 aliphatic rings. The Balaban J connectivity index is 3.21. The second kappa shape index (κ2) is 2.96. The van der Waals surface area contributed by atoms with Crippen molar-refractivity contribution in [3.05, 3.63) is 23.0 Å². The summed E-state index contributed by atoms with van der Waals surface area (Å²) in [5.41, 5.74) is 5.29. The molecule has 2 N–H and O–H groups in total. The van der Waals surface area contributed by atoms with E-state index in [4.69, 9.17) is 22.1 Å². The summed E-state index contributed by atoms with van der Waals surface area (Å²) >= 11 is 5.58. The minimum absolute atomic E-state index is 0.0336. The van der Waals surface area contributed by atoms with Gasteiger partial charge in [0.1, 0.15) is 11.6 Å². The summed E-state index contributed by atoms with van der Waals surface area (Å²) < 4.78 is 17.4. The zero-order chi connectivity index (χ0) is 8.43. The van der Waals surface area contributed by atoms with Crippen molar-refractivity contribution < 1.29 is 9.13 Å². The largest absolute Gasteiger partial charge is 0.495 e. The standard InChI is InChI=1S/C7H7ClFNO/c1-11-7-3-6(10)5(9)2-4(7)8/h2-3H,10H2,1H3. The lowest BCUT2D eigenvalue weighted by Gasteiger charge is -2.03. The van der Waals surface area contributed by atoms with Crippen molar-refractivity contribution in [2.75, 3.05) is 12.8 Å². The third-order valence-electron chi connectivity index (χ3n) is 1.27. The van der Waals surface area contributed by atoms with Gasteiger partial charge < -0.3 is 10.5 Å². The highest BCUT2D eigenvalue weighted by Crippen LogP contribution is 2.28. The van der Waals surface area contributed by atoms with E-state index in [0.29, 0.717) is 5.75 Å². The highest BCUT2D eigenvalue weighted by molar-refractivity contribution is 6.32. The van der Waals surface area contributed by atoms with Gasteiger partial charge in [-0.15, -0.1) is 0 Å². The van der Waals surface area contributed by atoms with Gasteiger partial charge >= 0.3 is 0 Å². The minimum atomic E-state index is -0.532. The van der Waals surface area contributed by atoms with E-state index in [1.54, 1.807) is 0 Å². The quantitative estimate of drug-likeness (QED) is 0.664. The van der Waals surface area contributed by atoms with E-state index in [-0.39, 0.29) is 10.7 Å². The molecule has 2 nitrogen and oxygen atoms in total. The lowest BCUT2D eigenvalue weighted by molar-refractivity contribution is 0.414. The molecule has 0 fully saturated rings. The second-order valence-electron chi connectivity index (χ2n) is 2.01. The molecule has 0 radical (unpaired) electrons. The second-order valence-corrected chi connectivity index (χ2v) is 2.42. The Kier molecular flexibility index (Phi) is 2.19. The van der Waals surface area contributed by atoms with Gasteiger partial charge in [0.15, 0.2) is 0 Å². The van der Waals surface area contributed by atoms with Gasteiger partial charge in [-0.25, -0.2) is 4.39 Å². The predicted molar refractivity (Wildman–Crippen MR) is 42.4 cm³/mol. The Morgan fingerprint density at radius 2 is 2.18 bits per heavy atom. The number of benzene rings is 1. The molecule has 0 bridgehead atoms. The molecule has 0 spiro atoms. The first-order valence-electron chi connectivity index (χ1n) is 2.93. The van der Waals surface area contributed by atoms with Crippen molar-refractivity contribution >= 4 is 17.3 Å². The van der Waals surface area contributed by atoms with Crippen molar-refractivity contribution in [2.45, 2.75) is 0 Å². The van der Waals surface area contributed by atoms with Gasteiger partial charge in [0.05, 0.1) is 17.8 Å². The van der Waals surface area contributed by atoms with Crippen LogP contribution in [0.15, 0.2) is 12.1 Å². The first-order chi connectivity index (χ1) is 5.15. The molecule has 0 saturated heterocycles. The highest BCUT2D eigenvalue weighted by atomic mass is 35.5. The molecule has 0 atom stereocenters. The van der Waals surface area contributed by atoms with Crippen LogP contribution in [-0.2, 0) is 0 Å². The van der Waals surface area contributed by atoms with E-state index in [1.165, 1.54) is 13.2 Å². The molecule has 1 aromatic rings. The van der Waals surface area contributed by atoms with Crippen LogP contribution in [-0.4, -0.2) is 7.11 Å². The van der Waals surface area contributed by atoms with Crippen molar-refractivity contribution in [3.63, 3.8) is 0 Å². The SMILES string of the molecule is COc1cc(N)c(F)cc1Cl. The average Bonchev–Trinajstić information content (AvgIpc) is 1.97. The van der Waals surface area contributed by atoms with Gasteiger partial charge in [-0.05, 0) is 6.07 Å². The monoisotopic (exact) mass is 175 g/mol. The first-order valence-corrected chi connectivity index (χ1v) is 3.31. The summed E-state index contributed by atoms with van der Waals surface area (Å²) in [6.45, 7) is 0. The number of halogens is 2. The van der Waals surface area contributed by atoms with Gasteiger partial charge in [-0.3, -0.25) is 0 Å². The first kappa shape index (κ1) is 8.14. The number of methoxy groups -OCH3 is 1. The molecular formula is C7H7ClFNO. The molecule has 1 rings (SSSR count). The molecule has 0 amide bonds. The number of ether oxygens (including phenoxy) is 1. The summed E-state index contributed by atoms with van der Waals surface area (Å²) in [6.07, 6.45) is 0. The molecule has 1 aromatic carbocycles. The molecule has 0 aliphatic heterocycles. The van der Waals surface area contributed by atoms with E-state index >= 15 is 0 Å². The van der Waals surface area contributed by atoms with Crippen LogP contribution in [0.5, 0.6) is 5.75 Å². The number of hydrogen-bond donors (Lipinski definition) is 1. The lowest BCUT2D eigenvalue weighted by atomic mass is 10.3. The lowest BCUT2D eigenvalue weighted by Crippen LogP contribution is -1.92. The van der Waals surface area contributed by atoms with Gasteiger partial charge in [0.25, 0.3) is 0 Å². The van der Waals surface area contributed by atoms with Gasteiger partial charge in [0.2, 0.25) is 0 Å². The third-order valence-corrected chi connectivity index (χ3v) is 1.57. The maximum atomic E-state index is 12.6. The van der Waals surface area contributed by atoms with Crippen molar-refractivity contribution in [1.29, 1.82) is 0 Å². The summed E-state index contributed by atoms with van der Waals surface area (Å²) in [5, 5.41) is 0.221. The van der Waals surface area contributed by atoms with Crippen molar-refractivity contribution in [1.82, 2.24) is 0 Å². The number of rotatable bonds is 1. The van der Waals surface area contributed by atoms with E-state index in [2.05, 4.69) is 0 Å². The van der Waals surface area contributed by atoms with Crippen LogP contribution in [0.2, 0.25) is 5.02 Å². The zero-order valence-corrected chi connectivity index (χ0v) is 6.65. The van der Waals surface area contributed by atoms with Crippen LogP contribution in [0.1, 0.15) is 0 Å². The Bertz CT molecular complexity index is 277. The molecule has 0 heterocycles. The molecule has 0 unspecified atom stereocenters. The van der Waals surface area contributed by atoms with E-state index in [9.17, 15) is 4.39 Å². The van der Waals surface area contributed by atoms with Crippen LogP contribution in [0.25, 0.3) is 0 Å². The highest BCUT2D eigenvalue weighted by Gasteiger charge is 2.05. The fourth-order valence-corrected chi connectivity index (χ4v) is 0.929. The van der Waals surface area contributed by atoms with Crippen LogP contribution in [0.3, 0.4) is 0 Å². The normalized spacial score (nSPS) is 9.73. The van der Waals surface area contributed by atoms with E-state index < -0.39 is 5.82 Å². The Labute approximate surface area is 68.7 Å². The molecule has 0 aliphatic carbocycles. The number of anilines is 1. The summed E-state index contributed by atoms with van der Waals surface area (Å²) in [5.74, 6) is -0.152. The van der Waals surface area contributed by atoms with Crippen LogP contribution in [0.4, 0.5) is 10.1 Å². The molecule has 60 valence electrons. The minimum Gasteiger partial charge on any atom is -0.495 e. The fourth-order valence-electron chi connectivity index (χ4n) is 0.701. The summed E-state index contributed by atoms with van der Waals surface area (Å²) in [7, 11) is 1.44. The van der Waals surface area contributed by atoms with Gasteiger partial charge in [-0.2, -0.15) is 0 Å². The third kappa shape index (κ3) is 1.54. The van der Waals surface area contributed by atoms with Gasteiger partial charge in [0, 0.05) is 6.07 Å². The van der Waals surface area contributed by atoms with Crippen molar-refractivity contribution in [2.24, 2.45) is 0 Å². The summed E-state index contributed by atoms with van der Waals surface area (Å²) in [6, 6.07) is 2.47. The van der Waals surface area contributed by atoms with E-state index in [0.717, 1.165) is 6.07 Å². The smallest absolute Gasteiger partial charge is 0.147 e. The molecular weight excluding hydrogens is 169 g/mol. The van der Waals surface area contributed by atoms with Gasteiger partial charge in [-0.1, -0.05) is 11.6 Å². The molecule has 0 saturated carbocycles. The number of nitrogen functional groups attached to an aromatic ring is 1. The maximum absolute atomic E-state index is 12.6. The Morgan fingerprint density at radius 3 is 2.73 bits per heavy atom. The molecule has 4 heteroatoms. The number of hydrogen-bond acceptors (Lipinski definition) is 2. The Morgan fingerprint density at radius 1 is 1.55 bits per heavy atom. The fraction of sp³-hybridized carbons (Fsp3) is 0.143. The molecule has 11 heavy (non-hydrogen) atoms. The summed E-state index contributed by atoms with van der Waals surface area (Å²) in [4.78, 5) is 0. The van der Waals surface area contributed by atoms with E-state index in [1.807, 2.05) is 0 Å². The van der Waals surface area contributed by atoms with Crippen LogP contribution in [0, 0.1) is 5.82 Å². The van der Waals surface area contributed by atoms with Crippen LogP contribution < -0.4 is 10.5 Å². The predicted octanol–water partition coefficient (Wildman–Crippen LogP) is 2.07. The maximum Gasteiger partial charge on any atom is 0.147 e.